The molecule has 2 aliphatic heterocycles. The number of carbonyl (C=O) groups excluding carboxylic acids is 6. The number of nitrogens with one attached hydrogen (secondary N) is 5. The predicted octanol–water partition coefficient (Wildman–Crippen LogP) is 1.47. The number of hydrogen-bond donors (Lipinski definition) is 6. The van der Waals surface area contributed by atoms with Gasteiger partial charge in [0.2, 0.25) is 35.4 Å². The Morgan fingerprint density at radius 1 is 0.846 bits per heavy atom. The maximum atomic E-state index is 14.1. The molecule has 6 amide bonds. The molecule has 4 aliphatic carbocycles. The van der Waals surface area contributed by atoms with Crippen LogP contribution in [0.15, 0.2) is 30.3 Å². The van der Waals surface area contributed by atoms with Crippen LogP contribution in [0.2, 0.25) is 0 Å². The molecule has 0 unspecified atom stereocenters. The molecule has 2 heterocycles. The molecular weight excluding hydrogens is 664 g/mol. The molecule has 4 bridgehead atoms. The van der Waals surface area contributed by atoms with Gasteiger partial charge in [0, 0.05) is 24.9 Å². The smallest absolute Gasteiger partial charge is 0.246 e. The summed E-state index contributed by atoms with van der Waals surface area (Å²) in [6, 6.07) is 4.03. The largest absolute Gasteiger partial charge is 0.391 e. The molecule has 0 aromatic heterocycles. The first-order valence-electron chi connectivity index (χ1n) is 19.5. The quantitative estimate of drug-likeness (QED) is 0.257. The molecule has 13 heteroatoms. The normalized spacial score (nSPS) is 35.2. The van der Waals surface area contributed by atoms with E-state index in [1.165, 1.54) is 31.1 Å². The molecule has 0 spiro atoms. The topological polar surface area (TPSA) is 186 Å². The Bertz CT molecular complexity index is 1470. The number of rotatable bonds is 6. The third kappa shape index (κ3) is 8.45. The average molecular weight is 721 g/mol. The molecule has 6 atom stereocenters. The first-order valence-corrected chi connectivity index (χ1v) is 19.5. The minimum atomic E-state index is -1.43. The second-order valence-electron chi connectivity index (χ2n) is 16.1. The SMILES string of the molecule is CC[C@@H]1NC(=O)[C@@H](NC(=O)C23CC4CC(CC(C4)C2)C3)CCCCNC(=O)[C@@H]2CCCN2C(=O)[C@@H](Cc2ccccc2)NC(=O)[C@H]([C@@H](C)O)NC1=O. The number of carbonyl (C=O) groups is 6. The molecule has 4 saturated carbocycles. The maximum absolute atomic E-state index is 14.1. The molecule has 284 valence electrons. The summed E-state index contributed by atoms with van der Waals surface area (Å²) in [5.41, 5.74) is 0.325. The van der Waals surface area contributed by atoms with E-state index in [1.54, 1.807) is 6.92 Å². The number of benzene rings is 1. The van der Waals surface area contributed by atoms with Crippen LogP contribution in [0.25, 0.3) is 0 Å². The molecule has 0 radical (unpaired) electrons. The minimum absolute atomic E-state index is 0.0853. The predicted molar refractivity (Wildman–Crippen MR) is 192 cm³/mol. The molecule has 7 rings (SSSR count). The Kier molecular flexibility index (Phi) is 11.9. The van der Waals surface area contributed by atoms with Crippen LogP contribution in [0.5, 0.6) is 0 Å². The second-order valence-corrected chi connectivity index (χ2v) is 16.1. The third-order valence-electron chi connectivity index (χ3n) is 12.2. The zero-order valence-corrected chi connectivity index (χ0v) is 30.5. The molecule has 13 nitrogen and oxygen atoms in total. The van der Waals surface area contributed by atoms with Gasteiger partial charge in [0.25, 0.3) is 0 Å². The van der Waals surface area contributed by atoms with Crippen LogP contribution in [-0.4, -0.2) is 94.9 Å². The van der Waals surface area contributed by atoms with E-state index in [0.29, 0.717) is 62.9 Å². The lowest BCUT2D eigenvalue weighted by Gasteiger charge is -2.55. The van der Waals surface area contributed by atoms with Gasteiger partial charge in [-0.25, -0.2) is 0 Å². The fraction of sp³-hybridized carbons (Fsp3) is 0.692. The van der Waals surface area contributed by atoms with Crippen molar-refractivity contribution in [1.29, 1.82) is 0 Å². The number of fused-ring (bicyclic) bond motifs is 1. The summed E-state index contributed by atoms with van der Waals surface area (Å²) in [6.07, 6.45) is 7.57. The van der Waals surface area contributed by atoms with Crippen molar-refractivity contribution in [1.82, 2.24) is 31.5 Å². The van der Waals surface area contributed by atoms with Gasteiger partial charge < -0.3 is 36.6 Å². The lowest BCUT2D eigenvalue weighted by atomic mass is 9.49. The number of aliphatic hydroxyl groups is 1. The van der Waals surface area contributed by atoms with Crippen molar-refractivity contribution >= 4 is 35.4 Å². The molecular formula is C39H56N6O7. The Balaban J connectivity index is 1.23. The number of nitrogens with zero attached hydrogens (tertiary/aromatic N) is 1. The molecule has 1 aromatic carbocycles. The van der Waals surface area contributed by atoms with Gasteiger partial charge in [0.15, 0.2) is 0 Å². The monoisotopic (exact) mass is 720 g/mol. The van der Waals surface area contributed by atoms with Gasteiger partial charge in [0.05, 0.1) is 6.10 Å². The van der Waals surface area contributed by atoms with Crippen LogP contribution in [-0.2, 0) is 35.2 Å². The maximum Gasteiger partial charge on any atom is 0.246 e. The highest BCUT2D eigenvalue weighted by Gasteiger charge is 2.55. The van der Waals surface area contributed by atoms with Crippen molar-refractivity contribution in [2.24, 2.45) is 23.2 Å². The van der Waals surface area contributed by atoms with Gasteiger partial charge in [-0.2, -0.15) is 0 Å². The van der Waals surface area contributed by atoms with E-state index in [1.807, 2.05) is 30.3 Å². The highest BCUT2D eigenvalue weighted by atomic mass is 16.3. The van der Waals surface area contributed by atoms with Gasteiger partial charge in [-0.15, -0.1) is 0 Å². The Hall–Kier alpha value is -4.00. The van der Waals surface area contributed by atoms with Crippen LogP contribution < -0.4 is 26.6 Å². The summed E-state index contributed by atoms with van der Waals surface area (Å²) >= 11 is 0. The van der Waals surface area contributed by atoms with Gasteiger partial charge in [0.1, 0.15) is 30.2 Å². The zero-order valence-electron chi connectivity index (χ0n) is 30.5. The van der Waals surface area contributed by atoms with Crippen molar-refractivity contribution in [2.75, 3.05) is 13.1 Å². The molecule has 52 heavy (non-hydrogen) atoms. The van der Waals surface area contributed by atoms with Crippen LogP contribution in [0.1, 0.15) is 96.5 Å². The summed E-state index contributed by atoms with van der Waals surface area (Å²) in [7, 11) is 0. The molecule has 6 fully saturated rings. The first-order chi connectivity index (χ1) is 25.0. The van der Waals surface area contributed by atoms with Crippen molar-refractivity contribution in [3.05, 3.63) is 35.9 Å². The molecule has 6 aliphatic rings. The first kappa shape index (κ1) is 37.7. The second kappa shape index (κ2) is 16.3. The molecule has 6 N–H and O–H groups in total. The average Bonchev–Trinajstić information content (AvgIpc) is 3.61. The summed E-state index contributed by atoms with van der Waals surface area (Å²) < 4.78 is 0. The number of aliphatic hydroxyl groups excluding tert-OH is 1. The summed E-state index contributed by atoms with van der Waals surface area (Å²) in [4.78, 5) is 84.3. The van der Waals surface area contributed by atoms with E-state index in [-0.39, 0.29) is 24.7 Å². The lowest BCUT2D eigenvalue weighted by molar-refractivity contribution is -0.148. The van der Waals surface area contributed by atoms with E-state index < -0.39 is 65.4 Å². The van der Waals surface area contributed by atoms with Crippen molar-refractivity contribution in [3.8, 4) is 0 Å². The van der Waals surface area contributed by atoms with Gasteiger partial charge in [-0.3, -0.25) is 28.8 Å². The number of amides is 6. The van der Waals surface area contributed by atoms with Gasteiger partial charge in [-0.1, -0.05) is 37.3 Å². The van der Waals surface area contributed by atoms with Crippen molar-refractivity contribution in [2.45, 2.75) is 134 Å². The molecule has 1 aromatic rings. The third-order valence-corrected chi connectivity index (χ3v) is 12.2. The van der Waals surface area contributed by atoms with E-state index in [2.05, 4.69) is 26.6 Å². The number of hydrogen-bond acceptors (Lipinski definition) is 7. The van der Waals surface area contributed by atoms with E-state index >= 15 is 0 Å². The van der Waals surface area contributed by atoms with Crippen LogP contribution >= 0.6 is 0 Å². The Labute approximate surface area is 306 Å². The summed E-state index contributed by atoms with van der Waals surface area (Å²) in [5, 5.41) is 24.9. The van der Waals surface area contributed by atoms with Gasteiger partial charge in [-0.05, 0) is 107 Å². The highest BCUT2D eigenvalue weighted by Crippen LogP contribution is 2.60. The highest BCUT2D eigenvalue weighted by molar-refractivity contribution is 5.97. The van der Waals surface area contributed by atoms with Crippen LogP contribution in [0.4, 0.5) is 0 Å². The van der Waals surface area contributed by atoms with Crippen LogP contribution in [0.3, 0.4) is 0 Å². The Morgan fingerprint density at radius 2 is 1.50 bits per heavy atom. The fourth-order valence-electron chi connectivity index (χ4n) is 9.87. The van der Waals surface area contributed by atoms with E-state index in [4.69, 9.17) is 0 Å². The summed E-state index contributed by atoms with van der Waals surface area (Å²) in [6.45, 7) is 3.77. The fourth-order valence-corrected chi connectivity index (χ4v) is 9.87. The Morgan fingerprint density at radius 3 is 2.13 bits per heavy atom. The lowest BCUT2D eigenvalue weighted by Crippen LogP contribution is -2.62. The van der Waals surface area contributed by atoms with Crippen molar-refractivity contribution < 1.29 is 33.9 Å². The minimum Gasteiger partial charge on any atom is -0.391 e. The van der Waals surface area contributed by atoms with Crippen LogP contribution in [0, 0.1) is 23.2 Å². The van der Waals surface area contributed by atoms with Gasteiger partial charge >= 0.3 is 0 Å². The van der Waals surface area contributed by atoms with E-state index in [9.17, 15) is 33.9 Å². The van der Waals surface area contributed by atoms with E-state index in [0.717, 1.165) is 24.8 Å². The standard InChI is InChI=1S/C39H56N6O7/c1-3-28-33(47)44-32(23(2)46)36(50)42-30(19-24-10-5-4-6-11-24)37(51)45-15-9-13-31(45)35(49)40-14-8-7-12-29(34(48)41-28)43-38(52)39-20-25-16-26(21-39)18-27(17-25)22-39/h4-6,10-11,23,25-32,46H,3,7-9,12-22H2,1-2H3,(H,40,49)(H,41,48)(H,42,50)(H,43,52)(H,44,47)/t23-,25?,26?,27?,28+,29+,30-,31+,32+,39?/m1/s1. The van der Waals surface area contributed by atoms with Crippen molar-refractivity contribution in [3.63, 3.8) is 0 Å². The molecule has 2 saturated heterocycles. The zero-order chi connectivity index (χ0) is 37.0. The summed E-state index contributed by atoms with van der Waals surface area (Å²) in [5.74, 6) is -1.05.